The second-order valence-electron chi connectivity index (χ2n) is 4.07. The highest BCUT2D eigenvalue weighted by Gasteiger charge is 2.18. The highest BCUT2D eigenvalue weighted by atomic mass is 35.5. The molecule has 18 heavy (non-hydrogen) atoms. The number of sulfonamides is 1. The van der Waals surface area contributed by atoms with Gasteiger partial charge in [-0.1, -0.05) is 37.1 Å². The van der Waals surface area contributed by atoms with Crippen molar-refractivity contribution in [2.45, 2.75) is 24.7 Å². The summed E-state index contributed by atoms with van der Waals surface area (Å²) in [5.74, 6) is 0.132. The van der Waals surface area contributed by atoms with E-state index < -0.39 is 10.0 Å². The van der Waals surface area contributed by atoms with Crippen molar-refractivity contribution < 1.29 is 13.5 Å². The van der Waals surface area contributed by atoms with Crippen LogP contribution < -0.4 is 4.72 Å². The number of halogens is 1. The Morgan fingerprint density at radius 2 is 2.06 bits per heavy atom. The molecule has 2 N–H and O–H groups in total. The molecule has 0 heterocycles. The van der Waals surface area contributed by atoms with Gasteiger partial charge >= 0.3 is 0 Å². The first-order chi connectivity index (χ1) is 8.51. The van der Waals surface area contributed by atoms with Gasteiger partial charge in [-0.3, -0.25) is 0 Å². The average molecular weight is 292 g/mol. The molecular weight excluding hydrogens is 274 g/mol. The van der Waals surface area contributed by atoms with Crippen LogP contribution in [0.15, 0.2) is 29.2 Å². The number of rotatable bonds is 7. The second kappa shape index (κ2) is 7.09. The first-order valence-electron chi connectivity index (χ1n) is 5.86. The van der Waals surface area contributed by atoms with Gasteiger partial charge in [-0.05, 0) is 24.5 Å². The molecule has 0 bridgehead atoms. The van der Waals surface area contributed by atoms with E-state index in [4.69, 9.17) is 16.7 Å². The van der Waals surface area contributed by atoms with Crippen molar-refractivity contribution in [1.29, 1.82) is 0 Å². The van der Waals surface area contributed by atoms with E-state index in [0.717, 1.165) is 6.42 Å². The Labute approximate surface area is 113 Å². The topological polar surface area (TPSA) is 66.4 Å². The van der Waals surface area contributed by atoms with Gasteiger partial charge in [0.1, 0.15) is 4.90 Å². The zero-order valence-electron chi connectivity index (χ0n) is 10.3. The standard InChI is InChI=1S/C12H18ClNO3S/c1-2-10(7-8-15)9-14-18(16,17)12-6-4-3-5-11(12)13/h3-6,10,14-15H,2,7-9H2,1H3. The minimum atomic E-state index is -3.58. The molecule has 0 spiro atoms. The monoisotopic (exact) mass is 291 g/mol. The Morgan fingerprint density at radius 1 is 1.39 bits per heavy atom. The van der Waals surface area contributed by atoms with Crippen molar-refractivity contribution in [3.63, 3.8) is 0 Å². The Morgan fingerprint density at radius 3 is 2.61 bits per heavy atom. The van der Waals surface area contributed by atoms with Crippen LogP contribution in [0.1, 0.15) is 19.8 Å². The zero-order chi connectivity index (χ0) is 13.6. The smallest absolute Gasteiger partial charge is 0.242 e. The highest BCUT2D eigenvalue weighted by Crippen LogP contribution is 2.20. The third-order valence-electron chi connectivity index (χ3n) is 2.80. The Balaban J connectivity index is 2.74. The molecule has 1 aromatic rings. The molecule has 0 saturated heterocycles. The maximum Gasteiger partial charge on any atom is 0.242 e. The van der Waals surface area contributed by atoms with Gasteiger partial charge in [0.15, 0.2) is 0 Å². The first-order valence-corrected chi connectivity index (χ1v) is 7.72. The van der Waals surface area contributed by atoms with Crippen LogP contribution in [-0.2, 0) is 10.0 Å². The lowest BCUT2D eigenvalue weighted by Gasteiger charge is -2.15. The molecule has 0 aliphatic heterocycles. The van der Waals surface area contributed by atoms with Crippen molar-refractivity contribution in [3.8, 4) is 0 Å². The summed E-state index contributed by atoms with van der Waals surface area (Å²) in [6, 6.07) is 6.33. The largest absolute Gasteiger partial charge is 0.396 e. The van der Waals surface area contributed by atoms with Gasteiger partial charge in [0, 0.05) is 13.2 Å². The van der Waals surface area contributed by atoms with E-state index in [1.165, 1.54) is 6.07 Å². The summed E-state index contributed by atoms with van der Waals surface area (Å²) in [5.41, 5.74) is 0. The summed E-state index contributed by atoms with van der Waals surface area (Å²) in [5, 5.41) is 9.07. The lowest BCUT2D eigenvalue weighted by atomic mass is 10.0. The van der Waals surface area contributed by atoms with Crippen LogP contribution in [0, 0.1) is 5.92 Å². The summed E-state index contributed by atoms with van der Waals surface area (Å²) >= 11 is 5.86. The van der Waals surface area contributed by atoms with Crippen LogP contribution in [0.3, 0.4) is 0 Å². The average Bonchev–Trinajstić information content (AvgIpc) is 2.34. The number of benzene rings is 1. The number of hydrogen-bond acceptors (Lipinski definition) is 3. The normalized spacial score (nSPS) is 13.5. The molecule has 0 aromatic heterocycles. The highest BCUT2D eigenvalue weighted by molar-refractivity contribution is 7.89. The number of nitrogens with one attached hydrogen (secondary N) is 1. The predicted octanol–water partition coefficient (Wildman–Crippen LogP) is 2.03. The Kier molecular flexibility index (Phi) is 6.08. The molecule has 0 aliphatic carbocycles. The van der Waals surface area contributed by atoms with E-state index in [-0.39, 0.29) is 22.4 Å². The molecule has 0 aliphatic rings. The molecule has 0 saturated carbocycles. The summed E-state index contributed by atoms with van der Waals surface area (Å²) in [4.78, 5) is 0.0884. The van der Waals surface area contributed by atoms with Gasteiger partial charge < -0.3 is 5.11 Å². The molecule has 4 nitrogen and oxygen atoms in total. The summed E-state index contributed by atoms with van der Waals surface area (Å²) < 4.78 is 26.6. The molecule has 0 fully saturated rings. The van der Waals surface area contributed by atoms with Crippen LogP contribution in [-0.4, -0.2) is 26.7 Å². The minimum Gasteiger partial charge on any atom is -0.396 e. The van der Waals surface area contributed by atoms with E-state index in [1.54, 1.807) is 18.2 Å². The Bertz CT molecular complexity index is 476. The molecular formula is C12H18ClNO3S. The van der Waals surface area contributed by atoms with Crippen molar-refractivity contribution >= 4 is 21.6 Å². The summed E-state index contributed by atoms with van der Waals surface area (Å²) in [6.07, 6.45) is 1.40. The number of aliphatic hydroxyl groups is 1. The third-order valence-corrected chi connectivity index (χ3v) is 4.73. The minimum absolute atomic E-state index is 0.0618. The van der Waals surface area contributed by atoms with Crippen LogP contribution in [0.5, 0.6) is 0 Å². The number of aliphatic hydroxyl groups excluding tert-OH is 1. The number of hydrogen-bond donors (Lipinski definition) is 2. The molecule has 0 radical (unpaired) electrons. The molecule has 1 unspecified atom stereocenters. The quantitative estimate of drug-likeness (QED) is 0.808. The second-order valence-corrected chi connectivity index (χ2v) is 6.21. The Hall–Kier alpha value is -0.620. The fourth-order valence-electron chi connectivity index (χ4n) is 1.60. The van der Waals surface area contributed by atoms with E-state index in [1.807, 2.05) is 6.92 Å². The van der Waals surface area contributed by atoms with Crippen LogP contribution in [0.2, 0.25) is 5.02 Å². The molecule has 1 rings (SSSR count). The van der Waals surface area contributed by atoms with E-state index in [0.29, 0.717) is 13.0 Å². The van der Waals surface area contributed by atoms with Crippen molar-refractivity contribution in [2.75, 3.05) is 13.2 Å². The zero-order valence-corrected chi connectivity index (χ0v) is 11.8. The summed E-state index contributed by atoms with van der Waals surface area (Å²) in [6.45, 7) is 2.33. The third kappa shape index (κ3) is 4.24. The molecule has 102 valence electrons. The van der Waals surface area contributed by atoms with E-state index in [2.05, 4.69) is 4.72 Å². The molecule has 0 amide bonds. The fraction of sp³-hybridized carbons (Fsp3) is 0.500. The van der Waals surface area contributed by atoms with Crippen LogP contribution >= 0.6 is 11.6 Å². The first kappa shape index (κ1) is 15.4. The van der Waals surface area contributed by atoms with E-state index in [9.17, 15) is 8.42 Å². The maximum atomic E-state index is 12.0. The summed E-state index contributed by atoms with van der Waals surface area (Å²) in [7, 11) is -3.58. The van der Waals surface area contributed by atoms with Gasteiger partial charge in [0.2, 0.25) is 10.0 Å². The predicted molar refractivity (Wildman–Crippen MR) is 72.1 cm³/mol. The lowest BCUT2D eigenvalue weighted by Crippen LogP contribution is -2.29. The van der Waals surface area contributed by atoms with Gasteiger partial charge in [-0.2, -0.15) is 0 Å². The van der Waals surface area contributed by atoms with Crippen molar-refractivity contribution in [2.24, 2.45) is 5.92 Å². The van der Waals surface area contributed by atoms with Gasteiger partial charge in [0.05, 0.1) is 5.02 Å². The van der Waals surface area contributed by atoms with Gasteiger partial charge in [-0.15, -0.1) is 0 Å². The van der Waals surface area contributed by atoms with Crippen LogP contribution in [0.4, 0.5) is 0 Å². The fourth-order valence-corrected chi connectivity index (χ4v) is 3.23. The van der Waals surface area contributed by atoms with Crippen molar-refractivity contribution in [3.05, 3.63) is 29.3 Å². The van der Waals surface area contributed by atoms with Crippen molar-refractivity contribution in [1.82, 2.24) is 4.72 Å². The lowest BCUT2D eigenvalue weighted by molar-refractivity contribution is 0.254. The SMILES string of the molecule is CCC(CCO)CNS(=O)(=O)c1ccccc1Cl. The van der Waals surface area contributed by atoms with Crippen LogP contribution in [0.25, 0.3) is 0 Å². The molecule has 1 aromatic carbocycles. The van der Waals surface area contributed by atoms with E-state index >= 15 is 0 Å². The molecule has 1 atom stereocenters. The van der Waals surface area contributed by atoms with Gasteiger partial charge in [0.25, 0.3) is 0 Å². The van der Waals surface area contributed by atoms with Gasteiger partial charge in [-0.25, -0.2) is 13.1 Å². The molecule has 6 heteroatoms. The maximum absolute atomic E-state index is 12.0.